The van der Waals surface area contributed by atoms with Crippen LogP contribution in [0.15, 0.2) is 4.79 Å². The standard InChI is InChI=1S/C8H12N2O3/c1-5-7(12)9-6(3-2-4-11)10-8(5)13/h11H,2-4H2,1H3,(H2,9,10,12,13). The van der Waals surface area contributed by atoms with Gasteiger partial charge in [0.2, 0.25) is 5.88 Å². The SMILES string of the molecule is Cc1c(O)nc(CCCO)[nH]c1=O. The number of H-pyrrole nitrogens is 1. The molecule has 0 aliphatic rings. The van der Waals surface area contributed by atoms with Crippen LogP contribution < -0.4 is 5.56 Å². The Hall–Kier alpha value is -1.36. The topological polar surface area (TPSA) is 86.2 Å². The minimum absolute atomic E-state index is 0.0400. The molecule has 72 valence electrons. The zero-order chi connectivity index (χ0) is 9.84. The molecular formula is C8H12N2O3. The fourth-order valence-electron chi connectivity index (χ4n) is 0.931. The van der Waals surface area contributed by atoms with Gasteiger partial charge in [0.15, 0.2) is 0 Å². The summed E-state index contributed by atoms with van der Waals surface area (Å²) in [7, 11) is 0. The van der Waals surface area contributed by atoms with Crippen molar-refractivity contribution in [2.45, 2.75) is 19.8 Å². The maximum Gasteiger partial charge on any atom is 0.257 e. The molecule has 1 aromatic rings. The summed E-state index contributed by atoms with van der Waals surface area (Å²) < 4.78 is 0. The molecule has 5 nitrogen and oxygen atoms in total. The molecule has 0 spiro atoms. The van der Waals surface area contributed by atoms with Crippen LogP contribution in [0.4, 0.5) is 0 Å². The van der Waals surface area contributed by atoms with Crippen LogP contribution in [0.5, 0.6) is 5.88 Å². The highest BCUT2D eigenvalue weighted by atomic mass is 16.3. The van der Waals surface area contributed by atoms with Gasteiger partial charge in [-0.1, -0.05) is 0 Å². The fourth-order valence-corrected chi connectivity index (χ4v) is 0.931. The fraction of sp³-hybridized carbons (Fsp3) is 0.500. The largest absolute Gasteiger partial charge is 0.493 e. The molecule has 0 aliphatic carbocycles. The Bertz CT molecular complexity index is 346. The van der Waals surface area contributed by atoms with Gasteiger partial charge >= 0.3 is 0 Å². The molecule has 0 fully saturated rings. The first kappa shape index (κ1) is 9.73. The van der Waals surface area contributed by atoms with Gasteiger partial charge in [0.05, 0.1) is 5.56 Å². The van der Waals surface area contributed by atoms with Crippen LogP contribution in [0.2, 0.25) is 0 Å². The van der Waals surface area contributed by atoms with Gasteiger partial charge in [-0.2, -0.15) is 0 Å². The molecule has 1 heterocycles. The van der Waals surface area contributed by atoms with Crippen LogP contribution in [0.1, 0.15) is 17.8 Å². The Kier molecular flexibility index (Phi) is 3.02. The van der Waals surface area contributed by atoms with Gasteiger partial charge in [0, 0.05) is 13.0 Å². The summed E-state index contributed by atoms with van der Waals surface area (Å²) in [6.07, 6.45) is 0.977. The van der Waals surface area contributed by atoms with Crippen LogP contribution in [-0.2, 0) is 6.42 Å². The minimum Gasteiger partial charge on any atom is -0.493 e. The van der Waals surface area contributed by atoms with E-state index >= 15 is 0 Å². The van der Waals surface area contributed by atoms with Gasteiger partial charge in [-0.15, -0.1) is 0 Å². The van der Waals surface area contributed by atoms with Crippen molar-refractivity contribution in [1.82, 2.24) is 9.97 Å². The summed E-state index contributed by atoms with van der Waals surface area (Å²) in [6.45, 7) is 1.54. The van der Waals surface area contributed by atoms with Crippen molar-refractivity contribution in [1.29, 1.82) is 0 Å². The molecular weight excluding hydrogens is 172 g/mol. The molecule has 1 rings (SSSR count). The molecule has 0 aromatic carbocycles. The van der Waals surface area contributed by atoms with Crippen LogP contribution >= 0.6 is 0 Å². The van der Waals surface area contributed by atoms with Gasteiger partial charge in [-0.05, 0) is 13.3 Å². The maximum absolute atomic E-state index is 11.1. The smallest absolute Gasteiger partial charge is 0.257 e. The second-order valence-electron chi connectivity index (χ2n) is 2.79. The number of aromatic nitrogens is 2. The number of nitrogens with one attached hydrogen (secondary N) is 1. The third-order valence-corrected chi connectivity index (χ3v) is 1.75. The molecule has 0 saturated heterocycles. The summed E-state index contributed by atoms with van der Waals surface area (Å²) in [5.74, 6) is 0.166. The number of aliphatic hydroxyl groups excluding tert-OH is 1. The number of rotatable bonds is 3. The number of aryl methyl sites for hydroxylation is 1. The first-order valence-electron chi connectivity index (χ1n) is 4.04. The molecule has 0 unspecified atom stereocenters. The average molecular weight is 184 g/mol. The van der Waals surface area contributed by atoms with Crippen LogP contribution in [0, 0.1) is 6.92 Å². The summed E-state index contributed by atoms with van der Waals surface area (Å²) in [6, 6.07) is 0. The Labute approximate surface area is 75.1 Å². The van der Waals surface area contributed by atoms with Crippen molar-refractivity contribution in [2.24, 2.45) is 0 Å². The van der Waals surface area contributed by atoms with Gasteiger partial charge in [0.25, 0.3) is 5.56 Å². The predicted octanol–water partition coefficient (Wildman–Crippen LogP) is -0.291. The Balaban J connectivity index is 2.93. The Morgan fingerprint density at radius 3 is 2.77 bits per heavy atom. The zero-order valence-corrected chi connectivity index (χ0v) is 7.37. The lowest BCUT2D eigenvalue weighted by molar-refractivity contribution is 0.287. The van der Waals surface area contributed by atoms with E-state index in [1.165, 1.54) is 6.92 Å². The molecule has 13 heavy (non-hydrogen) atoms. The van der Waals surface area contributed by atoms with E-state index in [-0.39, 0.29) is 23.6 Å². The second kappa shape index (κ2) is 4.04. The van der Waals surface area contributed by atoms with E-state index < -0.39 is 0 Å². The number of hydrogen-bond acceptors (Lipinski definition) is 4. The number of nitrogens with zero attached hydrogens (tertiary/aromatic N) is 1. The van der Waals surface area contributed by atoms with Gasteiger partial charge < -0.3 is 15.2 Å². The lowest BCUT2D eigenvalue weighted by atomic mass is 10.3. The van der Waals surface area contributed by atoms with E-state index in [0.29, 0.717) is 18.7 Å². The van der Waals surface area contributed by atoms with Crippen LogP contribution in [0.3, 0.4) is 0 Å². The molecule has 0 atom stereocenters. The molecule has 0 saturated carbocycles. The third-order valence-electron chi connectivity index (χ3n) is 1.75. The lowest BCUT2D eigenvalue weighted by Crippen LogP contribution is -2.14. The monoisotopic (exact) mass is 184 g/mol. The van der Waals surface area contributed by atoms with Crippen LogP contribution in [-0.4, -0.2) is 26.8 Å². The maximum atomic E-state index is 11.1. The lowest BCUT2D eigenvalue weighted by Gasteiger charge is -2.01. The van der Waals surface area contributed by atoms with Crippen molar-refractivity contribution in [2.75, 3.05) is 6.61 Å². The van der Waals surface area contributed by atoms with E-state index in [2.05, 4.69) is 9.97 Å². The van der Waals surface area contributed by atoms with E-state index in [1.807, 2.05) is 0 Å². The number of hydrogen-bond donors (Lipinski definition) is 3. The predicted molar refractivity (Wildman–Crippen MR) is 46.7 cm³/mol. The van der Waals surface area contributed by atoms with Crippen LogP contribution in [0.25, 0.3) is 0 Å². The van der Waals surface area contributed by atoms with Crippen molar-refractivity contribution in [3.8, 4) is 5.88 Å². The molecule has 0 aliphatic heterocycles. The molecule has 5 heteroatoms. The highest BCUT2D eigenvalue weighted by molar-refractivity contribution is 5.20. The summed E-state index contributed by atoms with van der Waals surface area (Å²) >= 11 is 0. The molecule has 0 bridgehead atoms. The minimum atomic E-state index is -0.333. The first-order valence-corrected chi connectivity index (χ1v) is 4.04. The van der Waals surface area contributed by atoms with E-state index in [0.717, 1.165) is 0 Å². The third kappa shape index (κ3) is 2.29. The Morgan fingerprint density at radius 1 is 1.54 bits per heavy atom. The second-order valence-corrected chi connectivity index (χ2v) is 2.79. The summed E-state index contributed by atoms with van der Waals surface area (Å²) in [5.41, 5.74) is -0.117. The highest BCUT2D eigenvalue weighted by Gasteiger charge is 2.04. The Morgan fingerprint density at radius 2 is 2.23 bits per heavy atom. The van der Waals surface area contributed by atoms with Crippen molar-refractivity contribution in [3.05, 3.63) is 21.7 Å². The number of aromatic hydroxyl groups is 1. The highest BCUT2D eigenvalue weighted by Crippen LogP contribution is 2.06. The van der Waals surface area contributed by atoms with Crippen molar-refractivity contribution >= 4 is 0 Å². The van der Waals surface area contributed by atoms with E-state index in [1.54, 1.807) is 0 Å². The quantitative estimate of drug-likeness (QED) is 0.602. The molecule has 0 radical (unpaired) electrons. The van der Waals surface area contributed by atoms with Gasteiger partial charge in [-0.3, -0.25) is 4.79 Å². The average Bonchev–Trinajstić information content (AvgIpc) is 2.10. The normalized spacial score (nSPS) is 10.3. The molecule has 3 N–H and O–H groups in total. The zero-order valence-electron chi connectivity index (χ0n) is 7.37. The van der Waals surface area contributed by atoms with Crippen molar-refractivity contribution in [3.63, 3.8) is 0 Å². The van der Waals surface area contributed by atoms with Gasteiger partial charge in [0.1, 0.15) is 5.82 Å². The number of aromatic amines is 1. The van der Waals surface area contributed by atoms with E-state index in [4.69, 9.17) is 5.11 Å². The first-order chi connectivity index (χ1) is 6.15. The molecule has 0 amide bonds. The van der Waals surface area contributed by atoms with Gasteiger partial charge in [-0.25, -0.2) is 4.98 Å². The van der Waals surface area contributed by atoms with E-state index in [9.17, 15) is 9.90 Å². The molecule has 1 aromatic heterocycles. The van der Waals surface area contributed by atoms with Crippen molar-refractivity contribution < 1.29 is 10.2 Å². The summed E-state index contributed by atoms with van der Waals surface area (Å²) in [4.78, 5) is 17.4. The number of aliphatic hydroxyl groups is 1. The summed E-state index contributed by atoms with van der Waals surface area (Å²) in [5, 5.41) is 17.7.